The van der Waals surface area contributed by atoms with Crippen molar-refractivity contribution in [2.45, 2.75) is 0 Å². The Balaban J connectivity index is 2.71. The molecule has 0 radical (unpaired) electrons. The summed E-state index contributed by atoms with van der Waals surface area (Å²) < 4.78 is 0. The van der Waals surface area contributed by atoms with E-state index in [4.69, 9.17) is 0 Å². The topological polar surface area (TPSA) is 29.1 Å². The molecule has 0 aliphatic carbocycles. The molecule has 0 aromatic heterocycles. The largest absolute Gasteiger partial charge is 0.329 e. The SMILES string of the molecule is O=C1C=CN1. The van der Waals surface area contributed by atoms with Crippen molar-refractivity contribution in [3.63, 3.8) is 0 Å². The van der Waals surface area contributed by atoms with Gasteiger partial charge in [0.15, 0.2) is 0 Å². The molecular formula is C3H3NO. The van der Waals surface area contributed by atoms with Crippen LogP contribution in [0.2, 0.25) is 0 Å². The van der Waals surface area contributed by atoms with Gasteiger partial charge in [0, 0.05) is 12.3 Å². The van der Waals surface area contributed by atoms with E-state index in [0.717, 1.165) is 0 Å². The Kier molecular flexibility index (Phi) is 0.283. The summed E-state index contributed by atoms with van der Waals surface area (Å²) in [6.07, 6.45) is 3.07. The first kappa shape index (κ1) is 2.45. The van der Waals surface area contributed by atoms with Crippen molar-refractivity contribution in [2.24, 2.45) is 0 Å². The van der Waals surface area contributed by atoms with Crippen LogP contribution in [-0.4, -0.2) is 5.91 Å². The highest BCUT2D eigenvalue weighted by molar-refractivity contribution is 5.93. The third kappa shape index (κ3) is 0.173. The van der Waals surface area contributed by atoms with Crippen molar-refractivity contribution in [1.29, 1.82) is 0 Å². The molecule has 0 unspecified atom stereocenters. The minimum Gasteiger partial charge on any atom is -0.329 e. The van der Waals surface area contributed by atoms with Crippen LogP contribution in [0.4, 0.5) is 0 Å². The summed E-state index contributed by atoms with van der Waals surface area (Å²) in [4.78, 5) is 9.70. The minimum atomic E-state index is 0.00463. The van der Waals surface area contributed by atoms with Crippen LogP contribution < -0.4 is 5.32 Å². The van der Waals surface area contributed by atoms with Crippen LogP contribution in [0.5, 0.6) is 0 Å². The highest BCUT2D eigenvalue weighted by atomic mass is 16.2. The highest BCUT2D eigenvalue weighted by Crippen LogP contribution is 1.78. The zero-order chi connectivity index (χ0) is 3.70. The lowest BCUT2D eigenvalue weighted by molar-refractivity contribution is -0.117. The molecule has 2 nitrogen and oxygen atoms in total. The van der Waals surface area contributed by atoms with Gasteiger partial charge < -0.3 is 5.32 Å². The molecule has 2 heteroatoms. The van der Waals surface area contributed by atoms with Gasteiger partial charge in [-0.3, -0.25) is 4.79 Å². The molecule has 1 aliphatic heterocycles. The summed E-state index contributed by atoms with van der Waals surface area (Å²) in [5.74, 6) is 0.00463. The Labute approximate surface area is 29.5 Å². The fourth-order valence-electron chi connectivity index (χ4n) is 0.151. The molecule has 1 N–H and O–H groups in total. The Hall–Kier alpha value is -0.790. The van der Waals surface area contributed by atoms with Crippen LogP contribution in [0, 0.1) is 0 Å². The number of hydrogen-bond donors (Lipinski definition) is 1. The van der Waals surface area contributed by atoms with E-state index in [0.29, 0.717) is 0 Å². The van der Waals surface area contributed by atoms with E-state index in [1.54, 1.807) is 6.20 Å². The van der Waals surface area contributed by atoms with Crippen molar-refractivity contribution >= 4 is 5.91 Å². The van der Waals surface area contributed by atoms with Crippen LogP contribution in [0.1, 0.15) is 0 Å². The maximum atomic E-state index is 9.70. The van der Waals surface area contributed by atoms with Gasteiger partial charge in [-0.2, -0.15) is 0 Å². The number of amides is 1. The minimum absolute atomic E-state index is 0.00463. The second-order valence-electron chi connectivity index (χ2n) is 0.842. The van der Waals surface area contributed by atoms with Crippen molar-refractivity contribution in [1.82, 2.24) is 5.32 Å². The molecule has 0 saturated carbocycles. The summed E-state index contributed by atoms with van der Waals surface area (Å²) >= 11 is 0. The van der Waals surface area contributed by atoms with Crippen molar-refractivity contribution < 1.29 is 4.79 Å². The lowest BCUT2D eigenvalue weighted by Gasteiger charge is -1.97. The monoisotopic (exact) mass is 69.0 g/mol. The van der Waals surface area contributed by atoms with Gasteiger partial charge in [0.1, 0.15) is 0 Å². The van der Waals surface area contributed by atoms with Crippen molar-refractivity contribution in [3.05, 3.63) is 12.3 Å². The van der Waals surface area contributed by atoms with E-state index < -0.39 is 0 Å². The van der Waals surface area contributed by atoms with Crippen LogP contribution in [0.3, 0.4) is 0 Å². The first-order valence-corrected chi connectivity index (χ1v) is 1.36. The third-order valence-electron chi connectivity index (χ3n) is 0.460. The van der Waals surface area contributed by atoms with Gasteiger partial charge in [0.25, 0.3) is 0 Å². The Morgan fingerprint density at radius 2 is 2.20 bits per heavy atom. The first-order chi connectivity index (χ1) is 2.39. The molecule has 0 fully saturated rings. The van der Waals surface area contributed by atoms with E-state index >= 15 is 0 Å². The first-order valence-electron chi connectivity index (χ1n) is 1.36. The molecule has 0 saturated heterocycles. The van der Waals surface area contributed by atoms with Gasteiger partial charge in [-0.1, -0.05) is 0 Å². The Morgan fingerprint density at radius 1 is 1.80 bits per heavy atom. The summed E-state index contributed by atoms with van der Waals surface area (Å²) in [6.45, 7) is 0. The smallest absolute Gasteiger partial charge is 0.249 e. The molecule has 1 amide bonds. The molecule has 26 valence electrons. The zero-order valence-corrected chi connectivity index (χ0v) is 2.56. The fraction of sp³-hybridized carbons (Fsp3) is 0. The van der Waals surface area contributed by atoms with Gasteiger partial charge in [-0.05, 0) is 0 Å². The Bertz CT molecular complexity index is 84.9. The Morgan fingerprint density at radius 3 is 2.20 bits per heavy atom. The lowest BCUT2D eigenvalue weighted by Crippen LogP contribution is -2.22. The molecule has 1 rings (SSSR count). The number of rotatable bonds is 0. The van der Waals surface area contributed by atoms with E-state index in [2.05, 4.69) is 5.32 Å². The molecule has 0 bridgehead atoms. The van der Waals surface area contributed by atoms with E-state index in [9.17, 15) is 4.79 Å². The maximum Gasteiger partial charge on any atom is 0.249 e. The number of hydrogen-bond acceptors (Lipinski definition) is 1. The van der Waals surface area contributed by atoms with Gasteiger partial charge in [0.2, 0.25) is 5.91 Å². The standard InChI is InChI=1S/C3H3NO/c5-3-1-2-4-3/h1-2H,(H,4,5). The number of nitrogens with one attached hydrogen (secondary N) is 1. The molecule has 0 atom stereocenters. The summed E-state index contributed by atoms with van der Waals surface area (Å²) in [5.41, 5.74) is 0. The van der Waals surface area contributed by atoms with Crippen LogP contribution >= 0.6 is 0 Å². The molecule has 1 heterocycles. The van der Waals surface area contributed by atoms with Crippen molar-refractivity contribution in [3.8, 4) is 0 Å². The average molecular weight is 69.1 g/mol. The highest BCUT2D eigenvalue weighted by Gasteiger charge is 1.95. The number of carbonyl (C=O) groups is 1. The van der Waals surface area contributed by atoms with E-state index in [1.807, 2.05) is 0 Å². The molecule has 1 aliphatic rings. The maximum absolute atomic E-state index is 9.70. The summed E-state index contributed by atoms with van der Waals surface area (Å²) in [7, 11) is 0. The summed E-state index contributed by atoms with van der Waals surface area (Å²) in [6, 6.07) is 0. The van der Waals surface area contributed by atoms with Gasteiger partial charge in [-0.15, -0.1) is 0 Å². The summed E-state index contributed by atoms with van der Waals surface area (Å²) in [5, 5.41) is 2.39. The molecule has 0 spiro atoms. The van der Waals surface area contributed by atoms with Crippen molar-refractivity contribution in [2.75, 3.05) is 0 Å². The zero-order valence-electron chi connectivity index (χ0n) is 2.56. The van der Waals surface area contributed by atoms with Gasteiger partial charge in [-0.25, -0.2) is 0 Å². The van der Waals surface area contributed by atoms with E-state index in [-0.39, 0.29) is 5.91 Å². The molecule has 0 aromatic carbocycles. The predicted octanol–water partition coefficient (Wildman–Crippen LogP) is -0.370. The van der Waals surface area contributed by atoms with E-state index in [1.165, 1.54) is 6.08 Å². The van der Waals surface area contributed by atoms with Crippen LogP contribution in [0.15, 0.2) is 12.3 Å². The van der Waals surface area contributed by atoms with Gasteiger partial charge in [0.05, 0.1) is 0 Å². The molecular weight excluding hydrogens is 66.0 g/mol. The predicted molar refractivity (Wildman–Crippen MR) is 17.3 cm³/mol. The quantitative estimate of drug-likeness (QED) is 0.413. The fourth-order valence-corrected chi connectivity index (χ4v) is 0.151. The van der Waals surface area contributed by atoms with Crippen LogP contribution in [0.25, 0.3) is 0 Å². The second kappa shape index (κ2) is 0.578. The lowest BCUT2D eigenvalue weighted by atomic mass is 10.4. The molecule has 5 heavy (non-hydrogen) atoms. The number of carbonyl (C=O) groups excluding carboxylic acids is 1. The average Bonchev–Trinajstić information content (AvgIpc) is 1.30. The normalized spacial score (nSPS) is 17.2. The third-order valence-corrected chi connectivity index (χ3v) is 0.460. The second-order valence-corrected chi connectivity index (χ2v) is 0.842. The van der Waals surface area contributed by atoms with Gasteiger partial charge >= 0.3 is 0 Å². The molecule has 0 aromatic rings. The van der Waals surface area contributed by atoms with Crippen LogP contribution in [-0.2, 0) is 4.79 Å².